The molecule has 1 aromatic carbocycles. The molecule has 0 saturated carbocycles. The van der Waals surface area contributed by atoms with Gasteiger partial charge in [-0.1, -0.05) is 29.8 Å². The summed E-state index contributed by atoms with van der Waals surface area (Å²) in [5.41, 5.74) is 0.973. The van der Waals surface area contributed by atoms with Gasteiger partial charge in [-0.3, -0.25) is 0 Å². The predicted octanol–water partition coefficient (Wildman–Crippen LogP) is 1.22. The fourth-order valence-electron chi connectivity index (χ4n) is 0.926. The Hall–Kier alpha value is -1.01. The Labute approximate surface area is 79.5 Å². The number of halogens is 3. The van der Waals surface area contributed by atoms with Gasteiger partial charge < -0.3 is 9.68 Å². The lowest BCUT2D eigenvalue weighted by molar-refractivity contribution is -0.282. The van der Waals surface area contributed by atoms with Crippen molar-refractivity contribution in [3.8, 4) is 0 Å². The van der Waals surface area contributed by atoms with Gasteiger partial charge in [-0.2, -0.15) is 0 Å². The molecule has 0 radical (unpaired) electrons. The largest absolute Gasteiger partial charge is 0.510 e. The third-order valence-electron chi connectivity index (χ3n) is 1.61. The molecule has 1 aromatic rings. The van der Waals surface area contributed by atoms with Crippen LogP contribution in [0.4, 0.5) is 13.2 Å². The van der Waals surface area contributed by atoms with E-state index in [1.54, 1.807) is 19.1 Å². The lowest BCUT2D eigenvalue weighted by Crippen LogP contribution is -2.38. The second-order valence-corrected chi connectivity index (χ2v) is 2.83. The zero-order valence-corrected chi connectivity index (χ0v) is 7.38. The van der Waals surface area contributed by atoms with E-state index in [9.17, 15) is 13.2 Å². The van der Waals surface area contributed by atoms with Crippen LogP contribution >= 0.6 is 0 Å². The minimum Gasteiger partial charge on any atom is -0.423 e. The zero-order chi connectivity index (χ0) is 10.8. The molecule has 14 heavy (non-hydrogen) atoms. The Kier molecular flexibility index (Phi) is 3.18. The van der Waals surface area contributed by atoms with E-state index in [1.807, 2.05) is 0 Å². The Morgan fingerprint density at radius 1 is 1.21 bits per heavy atom. The summed E-state index contributed by atoms with van der Waals surface area (Å²) in [4.78, 5) is 0. The van der Waals surface area contributed by atoms with Crippen molar-refractivity contribution >= 4 is 12.6 Å². The number of alkyl halides is 3. The molecule has 0 spiro atoms. The van der Waals surface area contributed by atoms with Crippen molar-refractivity contribution in [2.75, 3.05) is 0 Å². The fraction of sp³-hybridized carbons (Fsp3) is 0.250. The van der Waals surface area contributed by atoms with Crippen molar-refractivity contribution in [1.82, 2.24) is 0 Å². The normalized spacial score (nSPS) is 11.5. The monoisotopic (exact) mass is 204 g/mol. The van der Waals surface area contributed by atoms with Crippen molar-refractivity contribution in [3.63, 3.8) is 0 Å². The van der Waals surface area contributed by atoms with Crippen LogP contribution in [0.25, 0.3) is 0 Å². The summed E-state index contributed by atoms with van der Waals surface area (Å²) in [7, 11) is -1.96. The van der Waals surface area contributed by atoms with Gasteiger partial charge in [0.2, 0.25) is 0 Å². The second-order valence-electron chi connectivity index (χ2n) is 2.83. The van der Waals surface area contributed by atoms with Crippen LogP contribution in [0.5, 0.6) is 0 Å². The second kappa shape index (κ2) is 4.02. The molecule has 6 heteroatoms. The van der Waals surface area contributed by atoms with Crippen LogP contribution in [-0.4, -0.2) is 18.5 Å². The van der Waals surface area contributed by atoms with Crippen molar-refractivity contribution in [2.24, 2.45) is 0 Å². The number of benzene rings is 1. The number of aryl methyl sites for hydroxylation is 1. The lowest BCUT2D eigenvalue weighted by Gasteiger charge is -2.10. The quantitative estimate of drug-likeness (QED) is 0.733. The van der Waals surface area contributed by atoms with Crippen LogP contribution in [0.1, 0.15) is 5.56 Å². The summed E-state index contributed by atoms with van der Waals surface area (Å²) < 4.78 is 38.5. The molecular weight excluding hydrogens is 196 g/mol. The molecule has 1 rings (SSSR count). The third-order valence-corrected chi connectivity index (χ3v) is 1.61. The van der Waals surface area contributed by atoms with E-state index in [2.05, 4.69) is 4.65 Å². The van der Waals surface area contributed by atoms with Crippen molar-refractivity contribution in [3.05, 3.63) is 29.8 Å². The predicted molar refractivity (Wildman–Crippen MR) is 45.9 cm³/mol. The molecule has 0 atom stereocenters. The Morgan fingerprint density at radius 3 is 2.14 bits per heavy atom. The fourth-order valence-corrected chi connectivity index (χ4v) is 0.926. The van der Waals surface area contributed by atoms with Crippen LogP contribution in [0.3, 0.4) is 0 Å². The summed E-state index contributed by atoms with van der Waals surface area (Å²) in [6, 6.07) is 5.95. The molecule has 1 N–H and O–H groups in total. The van der Waals surface area contributed by atoms with E-state index in [-0.39, 0.29) is 5.46 Å². The molecule has 0 aromatic heterocycles. The molecule has 76 valence electrons. The molecule has 0 bridgehead atoms. The van der Waals surface area contributed by atoms with Crippen molar-refractivity contribution in [2.45, 2.75) is 13.3 Å². The highest BCUT2D eigenvalue weighted by molar-refractivity contribution is 6.60. The number of hydrogen-bond donors (Lipinski definition) is 1. The molecule has 0 amide bonds. The van der Waals surface area contributed by atoms with Gasteiger partial charge in [0.25, 0.3) is 0 Å². The van der Waals surface area contributed by atoms with Crippen LogP contribution in [0.2, 0.25) is 0 Å². The van der Waals surface area contributed by atoms with Crippen LogP contribution in [0, 0.1) is 6.92 Å². The standard InChI is InChI=1S/C8H8BF3O2/c1-6-2-4-7(5-3-6)9(13)14-8(10,11)12/h2-5,13H,1H3. The van der Waals surface area contributed by atoms with Gasteiger partial charge in [-0.25, -0.2) is 0 Å². The minimum atomic E-state index is -4.83. The van der Waals surface area contributed by atoms with E-state index < -0.39 is 13.5 Å². The van der Waals surface area contributed by atoms with Gasteiger partial charge in [-0.15, -0.1) is 13.2 Å². The Bertz CT molecular complexity index is 296. The van der Waals surface area contributed by atoms with E-state index in [0.717, 1.165) is 5.56 Å². The van der Waals surface area contributed by atoms with E-state index in [4.69, 9.17) is 5.02 Å². The smallest absolute Gasteiger partial charge is 0.423 e. The maximum atomic E-state index is 11.7. The molecule has 0 aliphatic heterocycles. The summed E-state index contributed by atoms with van der Waals surface area (Å²) in [5, 5.41) is 9.00. The van der Waals surface area contributed by atoms with Gasteiger partial charge in [0.05, 0.1) is 0 Å². The van der Waals surface area contributed by atoms with Crippen LogP contribution in [0.15, 0.2) is 24.3 Å². The van der Waals surface area contributed by atoms with Gasteiger partial charge in [-0.05, 0) is 12.4 Å². The first-order valence-electron chi connectivity index (χ1n) is 3.88. The lowest BCUT2D eigenvalue weighted by atomic mass is 9.79. The van der Waals surface area contributed by atoms with Crippen molar-refractivity contribution in [1.29, 1.82) is 0 Å². The average molecular weight is 204 g/mol. The molecule has 0 heterocycles. The zero-order valence-electron chi connectivity index (χ0n) is 7.38. The maximum Gasteiger partial charge on any atom is 0.510 e. The molecule has 0 fully saturated rings. The average Bonchev–Trinajstić information content (AvgIpc) is 2.02. The van der Waals surface area contributed by atoms with Gasteiger partial charge in [0.15, 0.2) is 0 Å². The van der Waals surface area contributed by atoms with Crippen LogP contribution in [-0.2, 0) is 4.65 Å². The molecule has 0 unspecified atom stereocenters. The van der Waals surface area contributed by atoms with E-state index in [0.29, 0.717) is 0 Å². The van der Waals surface area contributed by atoms with Crippen molar-refractivity contribution < 1.29 is 22.8 Å². The van der Waals surface area contributed by atoms with E-state index >= 15 is 0 Å². The Balaban J connectivity index is 2.70. The topological polar surface area (TPSA) is 29.5 Å². The molecular formula is C8H8BF3O2. The summed E-state index contributed by atoms with van der Waals surface area (Å²) in [6.45, 7) is 1.79. The summed E-state index contributed by atoms with van der Waals surface area (Å²) >= 11 is 0. The Morgan fingerprint density at radius 2 is 1.71 bits per heavy atom. The van der Waals surface area contributed by atoms with E-state index in [1.165, 1.54) is 12.1 Å². The summed E-state index contributed by atoms with van der Waals surface area (Å²) in [6.07, 6.45) is -4.83. The van der Waals surface area contributed by atoms with Crippen LogP contribution < -0.4 is 5.46 Å². The van der Waals surface area contributed by atoms with Gasteiger partial charge in [0.1, 0.15) is 0 Å². The molecule has 0 aliphatic carbocycles. The number of rotatable bonds is 2. The van der Waals surface area contributed by atoms with Gasteiger partial charge in [0, 0.05) is 0 Å². The first kappa shape index (κ1) is 11.1. The highest BCUT2D eigenvalue weighted by atomic mass is 19.4. The first-order chi connectivity index (χ1) is 6.38. The highest BCUT2D eigenvalue weighted by Gasteiger charge is 2.36. The number of hydrogen-bond acceptors (Lipinski definition) is 2. The van der Waals surface area contributed by atoms with Gasteiger partial charge >= 0.3 is 13.5 Å². The highest BCUT2D eigenvalue weighted by Crippen LogP contribution is 2.16. The maximum absolute atomic E-state index is 11.7. The molecule has 2 nitrogen and oxygen atoms in total. The first-order valence-corrected chi connectivity index (χ1v) is 3.88. The third kappa shape index (κ3) is 3.39. The SMILES string of the molecule is Cc1ccc(B(O)OC(F)(F)F)cc1. The summed E-state index contributed by atoms with van der Waals surface area (Å²) in [5.74, 6) is 0. The molecule has 0 saturated heterocycles. The molecule has 0 aliphatic rings. The minimum absolute atomic E-state index is 0.0768.